The normalized spacial score (nSPS) is 11.6. The molecule has 0 saturated heterocycles. The Labute approximate surface area is 128 Å². The Balaban J connectivity index is 1.86. The van der Waals surface area contributed by atoms with Gasteiger partial charge in [0, 0.05) is 16.5 Å². The number of phenols is 1. The third-order valence-electron chi connectivity index (χ3n) is 3.20. The number of halogens is 3. The van der Waals surface area contributed by atoms with Crippen LogP contribution >= 0.6 is 0 Å². The lowest BCUT2D eigenvalue weighted by atomic mass is 10.1. The van der Waals surface area contributed by atoms with Crippen LogP contribution in [-0.2, 0) is 0 Å². The first-order valence-corrected chi connectivity index (χ1v) is 6.54. The molecule has 0 unspecified atom stereocenters. The molecule has 3 rings (SSSR count). The van der Waals surface area contributed by atoms with Crippen molar-refractivity contribution in [3.8, 4) is 11.5 Å². The standard InChI is InChI=1S/C16H10F3NO3/c17-16(18,19)23-12-4-1-9(2-5-12)15(22)14-8-10-7-11(21)3-6-13(10)20-14/h1-8,20-21H. The number of H-pyrrole nitrogens is 1. The molecule has 23 heavy (non-hydrogen) atoms. The number of nitrogens with one attached hydrogen (secondary N) is 1. The van der Waals surface area contributed by atoms with E-state index in [1.807, 2.05) is 0 Å². The zero-order chi connectivity index (χ0) is 16.6. The molecule has 0 bridgehead atoms. The number of fused-ring (bicyclic) bond motifs is 1. The number of carbonyl (C=O) groups excluding carboxylic acids is 1. The van der Waals surface area contributed by atoms with Crippen molar-refractivity contribution in [3.63, 3.8) is 0 Å². The number of aromatic amines is 1. The van der Waals surface area contributed by atoms with Gasteiger partial charge in [-0.15, -0.1) is 13.2 Å². The minimum absolute atomic E-state index is 0.0733. The number of rotatable bonds is 3. The maximum Gasteiger partial charge on any atom is 0.573 e. The summed E-state index contributed by atoms with van der Waals surface area (Å²) in [5.74, 6) is -0.695. The third kappa shape index (κ3) is 3.28. The second-order valence-electron chi connectivity index (χ2n) is 4.86. The molecular formula is C16H10F3NO3. The van der Waals surface area contributed by atoms with Crippen molar-refractivity contribution in [2.45, 2.75) is 6.36 Å². The number of carbonyl (C=O) groups is 1. The molecule has 0 atom stereocenters. The van der Waals surface area contributed by atoms with Crippen LogP contribution in [0.15, 0.2) is 48.5 Å². The Hall–Kier alpha value is -2.96. The number of phenolic OH excluding ortho intramolecular Hbond substituents is 1. The fraction of sp³-hybridized carbons (Fsp3) is 0.0625. The van der Waals surface area contributed by atoms with E-state index in [0.717, 1.165) is 12.1 Å². The van der Waals surface area contributed by atoms with Gasteiger partial charge in [0.05, 0.1) is 5.69 Å². The fourth-order valence-corrected chi connectivity index (χ4v) is 2.21. The number of hydrogen-bond donors (Lipinski definition) is 2. The van der Waals surface area contributed by atoms with E-state index in [1.54, 1.807) is 12.1 Å². The summed E-state index contributed by atoms with van der Waals surface area (Å²) >= 11 is 0. The highest BCUT2D eigenvalue weighted by Crippen LogP contribution is 2.25. The molecule has 0 spiro atoms. The molecule has 0 aliphatic carbocycles. The first-order valence-electron chi connectivity index (χ1n) is 6.54. The second kappa shape index (κ2) is 5.35. The SMILES string of the molecule is O=C(c1ccc(OC(F)(F)F)cc1)c1cc2cc(O)ccc2[nH]1. The summed E-state index contributed by atoms with van der Waals surface area (Å²) in [6.45, 7) is 0. The molecule has 0 fully saturated rings. The highest BCUT2D eigenvalue weighted by Gasteiger charge is 2.31. The van der Waals surface area contributed by atoms with Crippen LogP contribution in [-0.4, -0.2) is 22.2 Å². The summed E-state index contributed by atoms with van der Waals surface area (Å²) in [7, 11) is 0. The van der Waals surface area contributed by atoms with Gasteiger partial charge in [0.2, 0.25) is 5.78 Å². The highest BCUT2D eigenvalue weighted by molar-refractivity contribution is 6.10. The van der Waals surface area contributed by atoms with E-state index in [9.17, 15) is 23.1 Å². The number of hydrogen-bond acceptors (Lipinski definition) is 3. The van der Waals surface area contributed by atoms with E-state index in [1.165, 1.54) is 24.3 Å². The number of benzene rings is 2. The molecule has 2 N–H and O–H groups in total. The number of ether oxygens (including phenoxy) is 1. The summed E-state index contributed by atoms with van der Waals surface area (Å²) < 4.78 is 40.1. The molecule has 0 radical (unpaired) electrons. The van der Waals surface area contributed by atoms with Gasteiger partial charge in [-0.3, -0.25) is 4.79 Å². The van der Waals surface area contributed by atoms with Crippen LogP contribution in [0.25, 0.3) is 10.9 Å². The molecule has 4 nitrogen and oxygen atoms in total. The van der Waals surface area contributed by atoms with Gasteiger partial charge in [0.25, 0.3) is 0 Å². The molecule has 1 aromatic heterocycles. The van der Waals surface area contributed by atoms with Crippen LogP contribution in [0.5, 0.6) is 11.5 Å². The molecule has 0 saturated carbocycles. The highest BCUT2D eigenvalue weighted by atomic mass is 19.4. The van der Waals surface area contributed by atoms with E-state index in [0.29, 0.717) is 10.9 Å². The van der Waals surface area contributed by atoms with Crippen molar-refractivity contribution in [1.82, 2.24) is 4.98 Å². The Morgan fingerprint density at radius 2 is 1.74 bits per heavy atom. The number of aromatic nitrogens is 1. The van der Waals surface area contributed by atoms with E-state index in [4.69, 9.17) is 0 Å². The molecule has 0 aliphatic heterocycles. The predicted octanol–water partition coefficient (Wildman–Crippen LogP) is 4.00. The number of alkyl halides is 3. The second-order valence-corrected chi connectivity index (χ2v) is 4.86. The minimum atomic E-state index is -4.77. The Kier molecular flexibility index (Phi) is 3.48. The fourth-order valence-electron chi connectivity index (χ4n) is 2.21. The summed E-state index contributed by atoms with van der Waals surface area (Å²) in [5, 5.41) is 10.1. The minimum Gasteiger partial charge on any atom is -0.508 e. The van der Waals surface area contributed by atoms with Gasteiger partial charge in [-0.25, -0.2) is 0 Å². The topological polar surface area (TPSA) is 62.3 Å². The average Bonchev–Trinajstić information content (AvgIpc) is 2.88. The van der Waals surface area contributed by atoms with Crippen molar-refractivity contribution in [1.29, 1.82) is 0 Å². The van der Waals surface area contributed by atoms with Gasteiger partial charge < -0.3 is 14.8 Å². The summed E-state index contributed by atoms with van der Waals surface area (Å²) in [6.07, 6.45) is -4.77. The molecule has 1 heterocycles. The first kappa shape index (κ1) is 15.0. The summed E-state index contributed by atoms with van der Waals surface area (Å²) in [5.41, 5.74) is 1.16. The monoisotopic (exact) mass is 321 g/mol. The molecule has 3 aromatic rings. The van der Waals surface area contributed by atoms with Gasteiger partial charge in [0.15, 0.2) is 0 Å². The van der Waals surface area contributed by atoms with Crippen molar-refractivity contribution >= 4 is 16.7 Å². The van der Waals surface area contributed by atoms with E-state index < -0.39 is 12.1 Å². The predicted molar refractivity (Wildman–Crippen MR) is 76.5 cm³/mol. The van der Waals surface area contributed by atoms with Gasteiger partial charge >= 0.3 is 6.36 Å². The van der Waals surface area contributed by atoms with Crippen molar-refractivity contribution in [3.05, 3.63) is 59.8 Å². The Bertz CT molecular complexity index is 866. The first-order chi connectivity index (χ1) is 10.8. The third-order valence-corrected chi connectivity index (χ3v) is 3.20. The van der Waals surface area contributed by atoms with Crippen LogP contribution in [0, 0.1) is 0 Å². The zero-order valence-electron chi connectivity index (χ0n) is 11.5. The van der Waals surface area contributed by atoms with Crippen LogP contribution in [0.3, 0.4) is 0 Å². The largest absolute Gasteiger partial charge is 0.573 e. The molecule has 0 aliphatic rings. The van der Waals surface area contributed by atoms with Crippen molar-refractivity contribution < 1.29 is 27.8 Å². The van der Waals surface area contributed by atoms with Crippen LogP contribution in [0.1, 0.15) is 16.1 Å². The number of ketones is 1. The van der Waals surface area contributed by atoms with Crippen LogP contribution in [0.4, 0.5) is 13.2 Å². The van der Waals surface area contributed by atoms with Gasteiger partial charge in [-0.2, -0.15) is 0 Å². The van der Waals surface area contributed by atoms with Crippen molar-refractivity contribution in [2.24, 2.45) is 0 Å². The lowest BCUT2D eigenvalue weighted by Gasteiger charge is -2.08. The maximum absolute atomic E-state index is 12.3. The van der Waals surface area contributed by atoms with Crippen LogP contribution < -0.4 is 4.74 Å². The summed E-state index contributed by atoms with van der Waals surface area (Å²) in [4.78, 5) is 15.2. The molecule has 0 amide bonds. The number of aromatic hydroxyl groups is 1. The average molecular weight is 321 g/mol. The lowest BCUT2D eigenvalue weighted by molar-refractivity contribution is -0.274. The zero-order valence-corrected chi connectivity index (χ0v) is 11.5. The quantitative estimate of drug-likeness (QED) is 0.717. The van der Waals surface area contributed by atoms with Gasteiger partial charge in [-0.05, 0) is 48.5 Å². The van der Waals surface area contributed by atoms with Gasteiger partial charge in [0.1, 0.15) is 11.5 Å². The Morgan fingerprint density at radius 3 is 2.39 bits per heavy atom. The van der Waals surface area contributed by atoms with E-state index in [2.05, 4.69) is 9.72 Å². The summed E-state index contributed by atoms with van der Waals surface area (Å²) in [6, 6.07) is 10.8. The van der Waals surface area contributed by atoms with Crippen LogP contribution in [0.2, 0.25) is 0 Å². The maximum atomic E-state index is 12.3. The lowest BCUT2D eigenvalue weighted by Crippen LogP contribution is -2.17. The molecule has 118 valence electrons. The van der Waals surface area contributed by atoms with Gasteiger partial charge in [-0.1, -0.05) is 0 Å². The molecule has 2 aromatic carbocycles. The smallest absolute Gasteiger partial charge is 0.508 e. The van der Waals surface area contributed by atoms with E-state index in [-0.39, 0.29) is 22.8 Å². The Morgan fingerprint density at radius 1 is 1.04 bits per heavy atom. The molecular weight excluding hydrogens is 311 g/mol. The molecule has 7 heteroatoms. The van der Waals surface area contributed by atoms with E-state index >= 15 is 0 Å². The van der Waals surface area contributed by atoms with Crippen molar-refractivity contribution in [2.75, 3.05) is 0 Å².